The number of hydrogen-bond acceptors (Lipinski definition) is 2. The van der Waals surface area contributed by atoms with Crippen molar-refractivity contribution < 1.29 is 4.79 Å². The summed E-state index contributed by atoms with van der Waals surface area (Å²) >= 11 is 6.13. The van der Waals surface area contributed by atoms with Crippen molar-refractivity contribution in [2.45, 2.75) is 20.3 Å². The highest BCUT2D eigenvalue weighted by molar-refractivity contribution is 6.33. The zero-order valence-corrected chi connectivity index (χ0v) is 10.2. The molecule has 3 nitrogen and oxygen atoms in total. The highest BCUT2D eigenvalue weighted by Crippen LogP contribution is 2.32. The molecule has 1 heterocycles. The maximum absolute atomic E-state index is 11.2. The molecule has 4 heteroatoms. The Morgan fingerprint density at radius 1 is 1.50 bits per heavy atom. The molecule has 1 aromatic rings. The van der Waals surface area contributed by atoms with Gasteiger partial charge < -0.3 is 10.6 Å². The van der Waals surface area contributed by atoms with Crippen molar-refractivity contribution in [1.29, 1.82) is 0 Å². The number of nitrogens with one attached hydrogen (secondary N) is 2. The van der Waals surface area contributed by atoms with Gasteiger partial charge in [-0.05, 0) is 23.6 Å². The summed E-state index contributed by atoms with van der Waals surface area (Å²) in [5.41, 5.74) is 2.76. The van der Waals surface area contributed by atoms with E-state index in [4.69, 9.17) is 11.6 Å². The number of anilines is 2. The van der Waals surface area contributed by atoms with E-state index in [-0.39, 0.29) is 5.91 Å². The fourth-order valence-corrected chi connectivity index (χ4v) is 1.93. The summed E-state index contributed by atoms with van der Waals surface area (Å²) in [6.07, 6.45) is 0.447. The topological polar surface area (TPSA) is 41.1 Å². The molecule has 0 aromatic heterocycles. The van der Waals surface area contributed by atoms with E-state index in [1.807, 2.05) is 12.1 Å². The van der Waals surface area contributed by atoms with E-state index >= 15 is 0 Å². The first-order valence-electron chi connectivity index (χ1n) is 5.42. The lowest BCUT2D eigenvalue weighted by Gasteiger charge is -2.12. The number of halogens is 1. The van der Waals surface area contributed by atoms with Crippen molar-refractivity contribution in [3.05, 3.63) is 22.7 Å². The minimum atomic E-state index is 0.0343. The number of hydrogen-bond donors (Lipinski definition) is 2. The fourth-order valence-electron chi connectivity index (χ4n) is 1.70. The van der Waals surface area contributed by atoms with Gasteiger partial charge in [-0.3, -0.25) is 4.79 Å². The Kier molecular flexibility index (Phi) is 3.06. The first-order chi connectivity index (χ1) is 7.56. The fraction of sp³-hybridized carbons (Fsp3) is 0.417. The molecule has 1 aliphatic rings. The van der Waals surface area contributed by atoms with Crippen LogP contribution in [0.4, 0.5) is 11.4 Å². The van der Waals surface area contributed by atoms with Crippen LogP contribution in [0.1, 0.15) is 19.4 Å². The molecule has 1 aliphatic heterocycles. The lowest BCUT2D eigenvalue weighted by atomic mass is 10.1. The van der Waals surface area contributed by atoms with E-state index in [0.717, 1.165) is 23.5 Å². The van der Waals surface area contributed by atoms with Gasteiger partial charge in [0, 0.05) is 12.2 Å². The Morgan fingerprint density at radius 2 is 2.25 bits per heavy atom. The van der Waals surface area contributed by atoms with Crippen molar-refractivity contribution in [1.82, 2.24) is 0 Å². The molecular weight excluding hydrogens is 224 g/mol. The van der Waals surface area contributed by atoms with Crippen molar-refractivity contribution in [2.75, 3.05) is 17.2 Å². The molecule has 0 unspecified atom stereocenters. The van der Waals surface area contributed by atoms with Crippen LogP contribution in [-0.2, 0) is 11.2 Å². The standard InChI is InChI=1S/C12H15ClN2O/c1-7(2)6-14-11-3-8-4-12(16)15-10(8)5-9(11)13/h3,5,7,14H,4,6H2,1-2H3,(H,15,16). The van der Waals surface area contributed by atoms with Crippen LogP contribution in [0.25, 0.3) is 0 Å². The van der Waals surface area contributed by atoms with Crippen LogP contribution in [0.15, 0.2) is 12.1 Å². The molecule has 0 saturated carbocycles. The van der Waals surface area contributed by atoms with E-state index < -0.39 is 0 Å². The summed E-state index contributed by atoms with van der Waals surface area (Å²) in [7, 11) is 0. The highest BCUT2D eigenvalue weighted by Gasteiger charge is 2.19. The molecular formula is C12H15ClN2O. The maximum Gasteiger partial charge on any atom is 0.228 e. The van der Waals surface area contributed by atoms with Gasteiger partial charge in [-0.2, -0.15) is 0 Å². The van der Waals surface area contributed by atoms with Crippen LogP contribution in [0.3, 0.4) is 0 Å². The molecule has 1 amide bonds. The molecule has 16 heavy (non-hydrogen) atoms. The Morgan fingerprint density at radius 3 is 2.94 bits per heavy atom. The minimum absolute atomic E-state index is 0.0343. The SMILES string of the molecule is CC(C)CNc1cc2c(cc1Cl)NC(=O)C2. The van der Waals surface area contributed by atoms with Crippen LogP contribution in [-0.4, -0.2) is 12.5 Å². The third kappa shape index (κ3) is 2.30. The summed E-state index contributed by atoms with van der Waals surface area (Å²) in [6.45, 7) is 5.15. The molecule has 0 spiro atoms. The van der Waals surface area contributed by atoms with E-state index in [1.165, 1.54) is 0 Å². The smallest absolute Gasteiger partial charge is 0.228 e. The summed E-state index contributed by atoms with van der Waals surface area (Å²) < 4.78 is 0. The third-order valence-corrected chi connectivity index (χ3v) is 2.83. The first kappa shape index (κ1) is 11.3. The van der Waals surface area contributed by atoms with Crippen molar-refractivity contribution >= 4 is 28.9 Å². The van der Waals surface area contributed by atoms with Gasteiger partial charge in [-0.15, -0.1) is 0 Å². The Hall–Kier alpha value is -1.22. The minimum Gasteiger partial charge on any atom is -0.384 e. The van der Waals surface area contributed by atoms with Crippen LogP contribution in [0, 0.1) is 5.92 Å². The number of benzene rings is 1. The van der Waals surface area contributed by atoms with Crippen LogP contribution >= 0.6 is 11.6 Å². The summed E-state index contributed by atoms with van der Waals surface area (Å²) in [4.78, 5) is 11.2. The second-order valence-electron chi connectivity index (χ2n) is 4.49. The van der Waals surface area contributed by atoms with Gasteiger partial charge in [0.05, 0.1) is 17.1 Å². The Bertz CT molecular complexity index is 429. The van der Waals surface area contributed by atoms with Crippen molar-refractivity contribution in [3.63, 3.8) is 0 Å². The largest absolute Gasteiger partial charge is 0.384 e. The molecule has 1 aromatic carbocycles. The average molecular weight is 239 g/mol. The van der Waals surface area contributed by atoms with Gasteiger partial charge in [0.1, 0.15) is 0 Å². The van der Waals surface area contributed by atoms with E-state index in [9.17, 15) is 4.79 Å². The van der Waals surface area contributed by atoms with E-state index in [0.29, 0.717) is 17.4 Å². The maximum atomic E-state index is 11.2. The predicted octanol–water partition coefficient (Wildman–Crippen LogP) is 2.90. The summed E-state index contributed by atoms with van der Waals surface area (Å²) in [5, 5.41) is 6.72. The number of carbonyl (C=O) groups excluding carboxylic acids is 1. The first-order valence-corrected chi connectivity index (χ1v) is 5.80. The number of rotatable bonds is 3. The zero-order chi connectivity index (χ0) is 11.7. The number of amides is 1. The lowest BCUT2D eigenvalue weighted by Crippen LogP contribution is -2.08. The van der Waals surface area contributed by atoms with Crippen LogP contribution in [0.5, 0.6) is 0 Å². The third-order valence-electron chi connectivity index (χ3n) is 2.52. The zero-order valence-electron chi connectivity index (χ0n) is 9.43. The molecule has 0 fully saturated rings. The Labute approximate surface area is 100 Å². The molecule has 0 saturated heterocycles. The molecule has 0 aliphatic carbocycles. The van der Waals surface area contributed by atoms with Gasteiger partial charge in [0.15, 0.2) is 0 Å². The van der Waals surface area contributed by atoms with Gasteiger partial charge in [-0.1, -0.05) is 25.4 Å². The van der Waals surface area contributed by atoms with Gasteiger partial charge >= 0.3 is 0 Å². The molecule has 86 valence electrons. The highest BCUT2D eigenvalue weighted by atomic mass is 35.5. The average Bonchev–Trinajstić information content (AvgIpc) is 2.53. The monoisotopic (exact) mass is 238 g/mol. The van der Waals surface area contributed by atoms with Crippen molar-refractivity contribution in [2.24, 2.45) is 5.92 Å². The van der Waals surface area contributed by atoms with E-state index in [1.54, 1.807) is 0 Å². The van der Waals surface area contributed by atoms with Crippen LogP contribution in [0.2, 0.25) is 5.02 Å². The van der Waals surface area contributed by atoms with Gasteiger partial charge in [-0.25, -0.2) is 0 Å². The second-order valence-corrected chi connectivity index (χ2v) is 4.90. The van der Waals surface area contributed by atoms with E-state index in [2.05, 4.69) is 24.5 Å². The van der Waals surface area contributed by atoms with Gasteiger partial charge in [0.25, 0.3) is 0 Å². The molecule has 0 atom stereocenters. The predicted molar refractivity (Wildman–Crippen MR) is 67.1 cm³/mol. The van der Waals surface area contributed by atoms with Gasteiger partial charge in [0.2, 0.25) is 5.91 Å². The summed E-state index contributed by atoms with van der Waals surface area (Å²) in [5.74, 6) is 0.594. The lowest BCUT2D eigenvalue weighted by molar-refractivity contribution is -0.115. The summed E-state index contributed by atoms with van der Waals surface area (Å²) in [6, 6.07) is 3.77. The van der Waals surface area contributed by atoms with Crippen molar-refractivity contribution in [3.8, 4) is 0 Å². The number of fused-ring (bicyclic) bond motifs is 1. The molecule has 0 bridgehead atoms. The number of carbonyl (C=O) groups is 1. The van der Waals surface area contributed by atoms with Crippen LogP contribution < -0.4 is 10.6 Å². The normalized spacial score (nSPS) is 13.9. The quantitative estimate of drug-likeness (QED) is 0.850. The second kappa shape index (κ2) is 4.34. The molecule has 0 radical (unpaired) electrons. The molecule has 2 rings (SSSR count). The Balaban J connectivity index is 2.21. The molecule has 2 N–H and O–H groups in total.